The van der Waals surface area contributed by atoms with Crippen molar-refractivity contribution >= 4 is 119 Å². The minimum absolute atomic E-state index is 0. The standard InChI is InChI=1S/C17H20N6O2.3C16H17N7.C15H17ClN6.C15H18N6O.CH4.5CH3.5W/c1-3-25-17(24)13-9-23-7-5-11(8-14(23)21-13)22(2)16-12-4-6-18-15(12)19-10-20-16;3*1-22(16-13-3-6-18-15(13)19-10-20-16)12-4-7-23-9-11(2-5-17)21-14(23)8-12;1-21(15-12-2-4-17-14(12)18-9-19-15)11-3-5-22-8-10(7-16)20-13(22)6-11;1-20(15-12-2-4-16-14(12)17-9-18-15)11-3-5-21-7-10(8-22)19-13(21)6-11;;;;;;;;;;;/h4,6,9-11H,3,5,7-8H2,1-2H3,(H,18,19,20);3*3,6,9-10,12H,2,4,7-8H2,1H3,(H,18,19,20);2,4,8-9,11H,3,5-7H2,1H3,(H,17,18,19);2,4,7,9,11,22H,3,5-6,8H2,1H3,(H,16,17,18);1H4;5*1H3;;;;;/q;;;;;;;5*-1;;;;;/t;2*12-;;;;;;;;;;;;;;/m.10............../s1. The molecular formula is C101H125ClN39O3W5-5. The fraction of sp³-hybridized carbons (Fsp3) is 0.376. The second-order valence-electron chi connectivity index (χ2n) is 35.1. The number of alkyl halides is 1. The van der Waals surface area contributed by atoms with Gasteiger partial charge in [0.1, 0.15) is 142 Å². The zero-order valence-electron chi connectivity index (χ0n) is 84.7. The second kappa shape index (κ2) is 55.3. The third-order valence-electron chi connectivity index (χ3n) is 27.0. The Morgan fingerprint density at radius 1 is 0.349 bits per heavy atom. The summed E-state index contributed by atoms with van der Waals surface area (Å²) in [5.74, 6) is 12.0. The first-order valence-electron chi connectivity index (χ1n) is 46.3. The molecule has 0 saturated heterocycles. The van der Waals surface area contributed by atoms with Crippen LogP contribution in [0, 0.1) is 71.1 Å². The van der Waals surface area contributed by atoms with Crippen molar-refractivity contribution < 1.29 is 120 Å². The Balaban J connectivity index is 0.000000215. The summed E-state index contributed by atoms with van der Waals surface area (Å²) in [5, 5.41) is 41.9. The Kier molecular flexibility index (Phi) is 45.1. The maximum absolute atomic E-state index is 11.9. The van der Waals surface area contributed by atoms with Crippen LogP contribution in [-0.2, 0) is 220 Å². The SMILES string of the molecule is C.CCOC(=O)c1cn2c(n1)CC(N(C)c1ncnc3[nH]ccc13)CC2.CN(c1ncnc2[nH]ccc12)C1CCn2cc(CC#N)nc2C1.CN(c1ncnc2[nH]ccc12)C1CCn2cc(CCl)nc2C1.CN(c1ncnc2[nH]ccc12)C1CCn2cc(CO)nc2C1.CN(c1ncnc2[nH]ccc12)[C@@H]1CCn2cc(CC#N)nc2C1.CN(c1ncnc2[nH]ccc12)[C@H]1CCn2cc(CC#N)nc2C1.[CH3-].[CH3-].[CH3-].[CH3-].[CH3-].[W].[W].[W].[W].[W]. The Bertz CT molecular complexity index is 6980. The molecule has 0 aromatic carbocycles. The molecule has 0 spiro atoms. The first-order valence-corrected chi connectivity index (χ1v) is 46.8. The number of fused-ring (bicyclic) bond motifs is 12. The number of aromatic nitrogens is 30. The van der Waals surface area contributed by atoms with Gasteiger partial charge in [0.15, 0.2) is 5.69 Å². The summed E-state index contributed by atoms with van der Waals surface area (Å²) >= 11 is 5.89. The van der Waals surface area contributed by atoms with Crippen LogP contribution in [-0.4, -0.2) is 243 Å². The summed E-state index contributed by atoms with van der Waals surface area (Å²) in [5.41, 5.74) is 9.80. The molecule has 6 aliphatic rings. The van der Waals surface area contributed by atoms with Crippen molar-refractivity contribution in [2.45, 2.75) is 199 Å². The van der Waals surface area contributed by atoms with Crippen molar-refractivity contribution in [1.82, 2.24) is 147 Å². The van der Waals surface area contributed by atoms with Crippen LogP contribution in [0.3, 0.4) is 0 Å². The molecule has 4 unspecified atom stereocenters. The Hall–Kier alpha value is -12.6. The van der Waals surface area contributed by atoms with E-state index in [0.29, 0.717) is 67.7 Å². The summed E-state index contributed by atoms with van der Waals surface area (Å²) in [7, 11) is 12.5. The molecule has 48 heteroatoms. The first-order chi connectivity index (χ1) is 67.5. The third kappa shape index (κ3) is 26.5. The van der Waals surface area contributed by atoms with E-state index in [1.165, 1.54) is 0 Å². The van der Waals surface area contributed by atoms with Crippen LogP contribution in [0.15, 0.2) is 149 Å². The number of hydrogen-bond acceptors (Lipinski definition) is 30. The molecule has 0 saturated carbocycles. The quantitative estimate of drug-likeness (QED) is 0.0225. The van der Waals surface area contributed by atoms with Gasteiger partial charge in [-0.1, -0.05) is 7.43 Å². The van der Waals surface area contributed by atoms with E-state index in [1.807, 2.05) is 110 Å². The summed E-state index contributed by atoms with van der Waals surface area (Å²) in [6, 6.07) is 20.5. The number of halogens is 1. The van der Waals surface area contributed by atoms with Gasteiger partial charge in [-0.15, -0.1) is 11.6 Å². The fourth-order valence-corrected chi connectivity index (χ4v) is 19.7. The molecule has 42 nitrogen and oxygen atoms in total. The molecule has 24 rings (SSSR count). The minimum atomic E-state index is -0.362. The number of likely N-dealkylation sites (N-methyl/N-ethyl adjacent to an activating group) is 6. The van der Waals surface area contributed by atoms with Crippen molar-refractivity contribution in [3.8, 4) is 18.2 Å². The van der Waals surface area contributed by atoms with Gasteiger partial charge in [-0.3, -0.25) is 0 Å². The number of carbonyl (C=O) groups is 1. The second-order valence-corrected chi connectivity index (χ2v) is 35.4. The maximum Gasteiger partial charge on any atom is 0.358 e. The van der Waals surface area contributed by atoms with Crippen LogP contribution in [0.4, 0.5) is 34.9 Å². The molecule has 0 aliphatic carbocycles. The van der Waals surface area contributed by atoms with Crippen molar-refractivity contribution in [2.75, 3.05) is 78.3 Å². The number of anilines is 6. The van der Waals surface area contributed by atoms with Crippen LogP contribution in [0.25, 0.3) is 66.2 Å². The monoisotopic (exact) mass is 2890 g/mol. The van der Waals surface area contributed by atoms with Crippen LogP contribution < -0.4 is 29.4 Å². The number of aryl methyl sites for hydroxylation is 6. The van der Waals surface area contributed by atoms with E-state index >= 15 is 0 Å². The van der Waals surface area contributed by atoms with E-state index < -0.39 is 0 Å². The molecule has 18 aromatic heterocycles. The maximum atomic E-state index is 11.9. The Morgan fingerprint density at radius 3 is 0.779 bits per heavy atom. The number of aliphatic hydroxyl groups is 1. The van der Waals surface area contributed by atoms with Gasteiger partial charge in [0.2, 0.25) is 0 Å². The van der Waals surface area contributed by atoms with E-state index in [4.69, 9.17) is 32.1 Å². The van der Waals surface area contributed by atoms with E-state index in [1.54, 1.807) is 51.1 Å². The van der Waals surface area contributed by atoms with Gasteiger partial charge in [0.25, 0.3) is 0 Å². The van der Waals surface area contributed by atoms with E-state index in [-0.39, 0.29) is 169 Å². The van der Waals surface area contributed by atoms with Crippen LogP contribution in [0.5, 0.6) is 0 Å². The Labute approximate surface area is 943 Å². The number of esters is 1. The average Bonchev–Trinajstić information content (AvgIpc) is 1.68. The number of nitriles is 3. The number of aromatic amines is 6. The number of H-pyrrole nitrogens is 6. The molecule has 24 heterocycles. The van der Waals surface area contributed by atoms with E-state index in [9.17, 15) is 9.90 Å². The van der Waals surface area contributed by atoms with Gasteiger partial charge in [0.05, 0.1) is 117 Å². The van der Waals surface area contributed by atoms with Gasteiger partial charge in [-0.05, 0) is 81.8 Å². The summed E-state index contributed by atoms with van der Waals surface area (Å²) in [6.45, 7) is 7.61. The van der Waals surface area contributed by atoms with Crippen molar-refractivity contribution in [3.63, 3.8) is 0 Å². The first kappa shape index (κ1) is 122. The molecular weight excluding hydrogens is 2760 g/mol. The molecule has 149 heavy (non-hydrogen) atoms. The van der Waals surface area contributed by atoms with Gasteiger partial charge in [-0.2, -0.15) is 15.8 Å². The fourth-order valence-electron chi connectivity index (χ4n) is 19.6. The smallest absolute Gasteiger partial charge is 0.358 e. The van der Waals surface area contributed by atoms with Crippen molar-refractivity contribution in [1.29, 1.82) is 15.8 Å². The van der Waals surface area contributed by atoms with Crippen molar-refractivity contribution in [2.24, 2.45) is 0 Å². The predicted molar refractivity (Wildman–Crippen MR) is 558 cm³/mol. The summed E-state index contributed by atoms with van der Waals surface area (Å²) in [6.07, 6.45) is 45.0. The number of aliphatic hydroxyl groups excluding tert-OH is 1. The molecule has 18 aromatic rings. The predicted octanol–water partition coefficient (Wildman–Crippen LogP) is 13.1. The number of imidazole rings is 6. The van der Waals surface area contributed by atoms with E-state index in [2.05, 4.69) is 231 Å². The zero-order chi connectivity index (χ0) is 95.0. The summed E-state index contributed by atoms with van der Waals surface area (Å²) < 4.78 is 18.0. The van der Waals surface area contributed by atoms with Gasteiger partial charge < -0.3 is 134 Å². The Morgan fingerprint density at radius 2 is 0.557 bits per heavy atom. The normalized spacial score (nSPS) is 15.9. The number of rotatable bonds is 19. The number of carbonyl (C=O) groups excluding carboxylic acids is 1. The summed E-state index contributed by atoms with van der Waals surface area (Å²) in [4.78, 5) is 124. The number of nitrogens with zero attached hydrogens (tertiary/aromatic N) is 33. The number of ether oxygens (including phenoxy) is 1. The zero-order valence-corrected chi connectivity index (χ0v) is 100. The van der Waals surface area contributed by atoms with Crippen LogP contribution >= 0.6 is 11.6 Å². The van der Waals surface area contributed by atoms with Gasteiger partial charge in [-0.25, -0.2) is 94.5 Å². The molecule has 6 atom stereocenters. The molecule has 0 amide bonds. The van der Waals surface area contributed by atoms with E-state index in [0.717, 1.165) is 281 Å². The molecule has 784 valence electrons. The largest absolute Gasteiger partial charge is 0.461 e. The minimum Gasteiger partial charge on any atom is -0.461 e. The van der Waals surface area contributed by atoms with Crippen LogP contribution in [0.2, 0.25) is 0 Å². The number of nitrogens with one attached hydrogen (secondary N) is 6. The van der Waals surface area contributed by atoms with Gasteiger partial charge in [0, 0.05) is 336 Å². The average molecular weight is 2890 g/mol. The molecule has 7 N–H and O–H groups in total. The molecule has 0 bridgehead atoms. The molecule has 0 radical (unpaired) electrons. The molecule has 0 fully saturated rings. The van der Waals surface area contributed by atoms with Crippen LogP contribution in [0.1, 0.15) is 127 Å². The number of hydrogen-bond donors (Lipinski definition) is 7. The van der Waals surface area contributed by atoms with Gasteiger partial charge >= 0.3 is 5.97 Å². The third-order valence-corrected chi connectivity index (χ3v) is 27.3. The topological polar surface area (TPSA) is 494 Å². The molecule has 6 aliphatic heterocycles. The van der Waals surface area contributed by atoms with Crippen molar-refractivity contribution in [3.05, 3.63) is 255 Å².